The second kappa shape index (κ2) is 4.56. The second-order valence-electron chi connectivity index (χ2n) is 7.19. The summed E-state index contributed by atoms with van der Waals surface area (Å²) in [5.41, 5.74) is -0.463. The van der Waals surface area contributed by atoms with Gasteiger partial charge in [-0.3, -0.25) is 9.68 Å². The zero-order chi connectivity index (χ0) is 16.4. The third-order valence-corrected chi connectivity index (χ3v) is 5.86. The highest BCUT2D eigenvalue weighted by Gasteiger charge is 2.80. The van der Waals surface area contributed by atoms with E-state index < -0.39 is 24.1 Å². The van der Waals surface area contributed by atoms with E-state index in [0.717, 1.165) is 12.8 Å². The third kappa shape index (κ3) is 1.89. The number of carbonyl (C=O) groups excluding carboxylic acids is 3. The van der Waals surface area contributed by atoms with Crippen LogP contribution in [0.15, 0.2) is 12.2 Å². The molecule has 7 nitrogen and oxygen atoms in total. The van der Waals surface area contributed by atoms with Crippen molar-refractivity contribution in [2.45, 2.75) is 44.3 Å². The Morgan fingerprint density at radius 2 is 2.17 bits per heavy atom. The number of hydrogen-bond acceptors (Lipinski definition) is 7. The van der Waals surface area contributed by atoms with Crippen molar-refractivity contribution < 1.29 is 33.6 Å². The maximum absolute atomic E-state index is 11.8. The molecule has 7 heteroatoms. The first-order valence-corrected chi connectivity index (χ1v) is 7.78. The molecule has 5 atom stereocenters. The number of carbonyl (C=O) groups is 3. The molecule has 1 saturated heterocycles. The van der Waals surface area contributed by atoms with E-state index in [1.54, 1.807) is 0 Å². The van der Waals surface area contributed by atoms with Gasteiger partial charge >= 0.3 is 17.9 Å². The Morgan fingerprint density at radius 1 is 1.39 bits per heavy atom. The molecule has 0 amide bonds. The van der Waals surface area contributed by atoms with Crippen LogP contribution in [0.1, 0.15) is 32.6 Å². The van der Waals surface area contributed by atoms with Gasteiger partial charge in [0.1, 0.15) is 11.7 Å². The zero-order valence-corrected chi connectivity index (χ0v) is 12.8. The quantitative estimate of drug-likeness (QED) is 0.324. The van der Waals surface area contributed by atoms with Gasteiger partial charge in [0.05, 0.1) is 5.92 Å². The van der Waals surface area contributed by atoms with Gasteiger partial charge in [-0.1, -0.05) is 6.58 Å². The summed E-state index contributed by atoms with van der Waals surface area (Å²) >= 11 is 0. The van der Waals surface area contributed by atoms with Crippen molar-refractivity contribution in [3.05, 3.63) is 12.2 Å². The number of hydrogen-bond donors (Lipinski definition) is 0. The summed E-state index contributed by atoms with van der Waals surface area (Å²) in [6.45, 7) is 4.40. The highest BCUT2D eigenvalue weighted by atomic mass is 17.2. The van der Waals surface area contributed by atoms with Crippen LogP contribution in [-0.2, 0) is 33.6 Å². The molecular formula is C16H18O7. The predicted octanol–water partition coefficient (Wildman–Crippen LogP) is 1.06. The van der Waals surface area contributed by atoms with Crippen LogP contribution in [0.5, 0.6) is 0 Å². The molecule has 1 heterocycles. The van der Waals surface area contributed by atoms with Crippen molar-refractivity contribution in [3.8, 4) is 0 Å². The van der Waals surface area contributed by atoms with Gasteiger partial charge in [0.15, 0.2) is 6.61 Å². The molecule has 4 aliphatic rings. The van der Waals surface area contributed by atoms with Crippen LogP contribution in [0.2, 0.25) is 0 Å². The van der Waals surface area contributed by atoms with Crippen LogP contribution >= 0.6 is 0 Å². The number of fused-ring (bicyclic) bond motifs is 1. The van der Waals surface area contributed by atoms with Gasteiger partial charge in [-0.05, 0) is 32.1 Å². The first kappa shape index (κ1) is 14.7. The molecule has 0 radical (unpaired) electrons. The minimum Gasteiger partial charge on any atom is -0.461 e. The first-order chi connectivity index (χ1) is 10.9. The molecule has 1 aliphatic heterocycles. The minimum atomic E-state index is -0.767. The lowest BCUT2D eigenvalue weighted by Crippen LogP contribution is -2.49. The Kier molecular flexibility index (Phi) is 2.91. The molecule has 1 spiro atoms. The van der Waals surface area contributed by atoms with Crippen LogP contribution in [0.25, 0.3) is 0 Å². The van der Waals surface area contributed by atoms with E-state index in [4.69, 9.17) is 19.2 Å². The van der Waals surface area contributed by atoms with E-state index in [9.17, 15) is 14.4 Å². The van der Waals surface area contributed by atoms with E-state index in [1.807, 2.05) is 0 Å². The molecule has 4 fully saturated rings. The smallest absolute Gasteiger partial charge is 0.379 e. The maximum Gasteiger partial charge on any atom is 0.379 e. The van der Waals surface area contributed by atoms with Crippen molar-refractivity contribution in [2.75, 3.05) is 6.61 Å². The number of esters is 2. The first-order valence-electron chi connectivity index (χ1n) is 7.78. The average molecular weight is 322 g/mol. The highest BCUT2D eigenvalue weighted by molar-refractivity contribution is 5.88. The Hall–Kier alpha value is -1.89. The van der Waals surface area contributed by atoms with E-state index in [-0.39, 0.29) is 29.0 Å². The van der Waals surface area contributed by atoms with Crippen molar-refractivity contribution in [1.29, 1.82) is 0 Å². The Morgan fingerprint density at radius 3 is 2.87 bits per heavy atom. The summed E-state index contributed by atoms with van der Waals surface area (Å²) in [6, 6.07) is 0. The lowest BCUT2D eigenvalue weighted by molar-refractivity contribution is -0.334. The molecule has 3 saturated carbocycles. The minimum absolute atomic E-state index is 0.0160. The Labute approximate surface area is 132 Å². The molecular weight excluding hydrogens is 304 g/mol. The van der Waals surface area contributed by atoms with E-state index in [1.165, 1.54) is 6.92 Å². The predicted molar refractivity (Wildman–Crippen MR) is 73.4 cm³/mol. The van der Waals surface area contributed by atoms with E-state index in [0.29, 0.717) is 18.8 Å². The monoisotopic (exact) mass is 322 g/mol. The molecule has 0 aromatic carbocycles. The SMILES string of the molecule is C=C(C)C(=O)OCC(=O)OOC12CC3CC4C(=O)OC(C1)C34C2. The molecule has 0 aromatic heterocycles. The normalized spacial score (nSPS) is 41.8. The molecule has 23 heavy (non-hydrogen) atoms. The van der Waals surface area contributed by atoms with Crippen molar-refractivity contribution in [1.82, 2.24) is 0 Å². The summed E-state index contributed by atoms with van der Waals surface area (Å²) in [6.07, 6.45) is 2.74. The van der Waals surface area contributed by atoms with Gasteiger partial charge in [0.2, 0.25) is 0 Å². The van der Waals surface area contributed by atoms with Crippen LogP contribution in [0.4, 0.5) is 0 Å². The molecule has 3 aliphatic carbocycles. The summed E-state index contributed by atoms with van der Waals surface area (Å²) in [5.74, 6) is -1.12. The molecule has 2 bridgehead atoms. The topological polar surface area (TPSA) is 88.1 Å². The highest BCUT2D eigenvalue weighted by Crippen LogP contribution is 2.75. The van der Waals surface area contributed by atoms with Crippen molar-refractivity contribution >= 4 is 17.9 Å². The fourth-order valence-corrected chi connectivity index (χ4v) is 4.95. The van der Waals surface area contributed by atoms with E-state index in [2.05, 4.69) is 6.58 Å². The fourth-order valence-electron chi connectivity index (χ4n) is 4.95. The van der Waals surface area contributed by atoms with Crippen LogP contribution in [0, 0.1) is 17.3 Å². The summed E-state index contributed by atoms with van der Waals surface area (Å²) < 4.78 is 10.2. The van der Waals surface area contributed by atoms with Crippen molar-refractivity contribution in [3.63, 3.8) is 0 Å². The zero-order valence-electron chi connectivity index (χ0n) is 12.8. The van der Waals surface area contributed by atoms with Gasteiger partial charge in [-0.15, -0.1) is 0 Å². The van der Waals surface area contributed by atoms with Gasteiger partial charge in [-0.2, -0.15) is 4.89 Å². The van der Waals surface area contributed by atoms with Crippen molar-refractivity contribution in [2.24, 2.45) is 17.3 Å². The maximum atomic E-state index is 11.8. The molecule has 4 rings (SSSR count). The van der Waals surface area contributed by atoms with Crippen LogP contribution in [-0.4, -0.2) is 36.2 Å². The fraction of sp³-hybridized carbons (Fsp3) is 0.688. The standard InChI is InChI=1S/C16H18O7/c1-8(2)13(18)20-6-12(17)22-23-15-4-9-3-10-14(19)21-11(5-15)16(9,10)7-15/h9-11H,1,3-7H2,2H3. The Bertz CT molecular complexity index is 626. The Balaban J connectivity index is 1.33. The summed E-state index contributed by atoms with van der Waals surface area (Å²) in [7, 11) is 0. The molecule has 124 valence electrons. The summed E-state index contributed by atoms with van der Waals surface area (Å²) in [5, 5.41) is 0. The molecule has 0 N–H and O–H groups in total. The number of ether oxygens (including phenoxy) is 2. The largest absolute Gasteiger partial charge is 0.461 e. The number of rotatable bonds is 5. The van der Waals surface area contributed by atoms with Gasteiger partial charge in [-0.25, -0.2) is 9.59 Å². The van der Waals surface area contributed by atoms with Gasteiger partial charge < -0.3 is 9.47 Å². The third-order valence-electron chi connectivity index (χ3n) is 5.86. The van der Waals surface area contributed by atoms with Gasteiger partial charge in [0, 0.05) is 17.4 Å². The lowest BCUT2D eigenvalue weighted by Gasteiger charge is -2.47. The second-order valence-corrected chi connectivity index (χ2v) is 7.19. The summed E-state index contributed by atoms with van der Waals surface area (Å²) in [4.78, 5) is 44.9. The van der Waals surface area contributed by atoms with Crippen LogP contribution in [0.3, 0.4) is 0 Å². The molecule has 0 aromatic rings. The molecule has 5 unspecified atom stereocenters. The average Bonchev–Trinajstić information content (AvgIpc) is 3.03. The van der Waals surface area contributed by atoms with Crippen LogP contribution < -0.4 is 0 Å². The van der Waals surface area contributed by atoms with Gasteiger partial charge in [0.25, 0.3) is 0 Å². The lowest BCUT2D eigenvalue weighted by atomic mass is 9.53. The van der Waals surface area contributed by atoms with E-state index >= 15 is 0 Å².